The van der Waals surface area contributed by atoms with Crippen LogP contribution >= 0.6 is 0 Å². The van der Waals surface area contributed by atoms with Gasteiger partial charge in [0, 0.05) is 16.7 Å². The summed E-state index contributed by atoms with van der Waals surface area (Å²) in [6.45, 7) is 7.31. The lowest BCUT2D eigenvalue weighted by Crippen LogP contribution is -2.22. The minimum Gasteiger partial charge on any atom is -0.309 e. The number of benzene rings is 1. The molecule has 1 aromatic carbocycles. The van der Waals surface area contributed by atoms with Crippen LogP contribution in [-0.2, 0) is 10.8 Å². The highest BCUT2D eigenvalue weighted by atomic mass is 32.2. The molecule has 0 saturated carbocycles. The van der Waals surface area contributed by atoms with Crippen molar-refractivity contribution in [2.75, 3.05) is 12.3 Å². The predicted molar refractivity (Wildman–Crippen MR) is 68.2 cm³/mol. The van der Waals surface area contributed by atoms with Gasteiger partial charge in [-0.15, -0.1) is 0 Å². The molecule has 2 nitrogen and oxygen atoms in total. The van der Waals surface area contributed by atoms with E-state index in [2.05, 4.69) is 38.2 Å². The second-order valence-electron chi connectivity index (χ2n) is 4.52. The summed E-state index contributed by atoms with van der Waals surface area (Å²) < 4.78 is 12.0. The van der Waals surface area contributed by atoms with Gasteiger partial charge in [0.15, 0.2) is 0 Å². The molecule has 2 unspecified atom stereocenters. The van der Waals surface area contributed by atoms with Gasteiger partial charge in [0.05, 0.1) is 10.8 Å². The highest BCUT2D eigenvalue weighted by molar-refractivity contribution is 7.85. The smallest absolute Gasteiger partial charge is 0.0554 e. The molecular weight excluding hydrogens is 218 g/mol. The molecule has 1 aliphatic rings. The maximum Gasteiger partial charge on any atom is 0.0554 e. The van der Waals surface area contributed by atoms with Crippen LogP contribution in [0.1, 0.15) is 36.1 Å². The summed E-state index contributed by atoms with van der Waals surface area (Å²) in [5.74, 6) is 0.736. The van der Waals surface area contributed by atoms with Crippen molar-refractivity contribution in [3.63, 3.8) is 0 Å². The summed E-state index contributed by atoms with van der Waals surface area (Å²) in [7, 11) is -0.814. The molecule has 0 radical (unpaired) electrons. The lowest BCUT2D eigenvalue weighted by atomic mass is 10.0. The molecule has 0 aliphatic carbocycles. The van der Waals surface area contributed by atoms with Crippen LogP contribution < -0.4 is 5.32 Å². The van der Waals surface area contributed by atoms with E-state index in [-0.39, 0.29) is 6.04 Å². The first-order chi connectivity index (χ1) is 7.63. The molecule has 1 aromatic rings. The average Bonchev–Trinajstić information content (AvgIpc) is 2.52. The Balaban J connectivity index is 2.37. The molecule has 2 atom stereocenters. The van der Waals surface area contributed by atoms with Gasteiger partial charge in [0.2, 0.25) is 0 Å². The van der Waals surface area contributed by atoms with Crippen molar-refractivity contribution in [2.24, 2.45) is 0 Å². The third-order valence-corrected chi connectivity index (χ3v) is 4.66. The molecule has 1 N–H and O–H groups in total. The Bertz CT molecular complexity index is 428. The molecule has 0 aromatic heterocycles. The molecule has 0 saturated heterocycles. The third-order valence-electron chi connectivity index (χ3n) is 3.01. The van der Waals surface area contributed by atoms with Crippen LogP contribution in [0.15, 0.2) is 17.0 Å². The maximum absolute atomic E-state index is 12.0. The Morgan fingerprint density at radius 3 is 2.88 bits per heavy atom. The summed E-state index contributed by atoms with van der Waals surface area (Å²) in [4.78, 5) is 1.07. The number of fused-ring (bicyclic) bond motifs is 1. The summed E-state index contributed by atoms with van der Waals surface area (Å²) in [6.07, 6.45) is 1.11. The van der Waals surface area contributed by atoms with E-state index < -0.39 is 10.8 Å². The topological polar surface area (TPSA) is 29.1 Å². The minimum atomic E-state index is -0.814. The summed E-state index contributed by atoms with van der Waals surface area (Å²) >= 11 is 0. The van der Waals surface area contributed by atoms with Crippen molar-refractivity contribution in [2.45, 2.75) is 38.1 Å². The van der Waals surface area contributed by atoms with Gasteiger partial charge in [-0.1, -0.05) is 24.6 Å². The first-order valence-electron chi connectivity index (χ1n) is 5.86. The van der Waals surface area contributed by atoms with Gasteiger partial charge in [0.1, 0.15) is 0 Å². The standard InChI is InChI=1S/C13H19NOS/c1-4-5-14-12-8-16(15)13-10(3)6-9(2)7-11(12)13/h6-7,12,14H,4-5,8H2,1-3H3. The average molecular weight is 237 g/mol. The van der Waals surface area contributed by atoms with Gasteiger partial charge in [0.25, 0.3) is 0 Å². The Morgan fingerprint density at radius 1 is 1.44 bits per heavy atom. The van der Waals surface area contributed by atoms with Crippen LogP contribution in [0.4, 0.5) is 0 Å². The van der Waals surface area contributed by atoms with E-state index in [0.29, 0.717) is 0 Å². The van der Waals surface area contributed by atoms with E-state index in [4.69, 9.17) is 0 Å². The fraction of sp³-hybridized carbons (Fsp3) is 0.538. The second-order valence-corrected chi connectivity index (χ2v) is 5.95. The lowest BCUT2D eigenvalue weighted by molar-refractivity contribution is 0.576. The molecule has 88 valence electrons. The summed E-state index contributed by atoms with van der Waals surface area (Å²) in [5.41, 5.74) is 3.69. The monoisotopic (exact) mass is 237 g/mol. The van der Waals surface area contributed by atoms with Gasteiger partial charge in [-0.3, -0.25) is 4.21 Å². The van der Waals surface area contributed by atoms with Crippen molar-refractivity contribution in [1.82, 2.24) is 5.32 Å². The zero-order valence-corrected chi connectivity index (χ0v) is 11.0. The van der Waals surface area contributed by atoms with E-state index in [1.807, 2.05) is 0 Å². The first-order valence-corrected chi connectivity index (χ1v) is 7.18. The van der Waals surface area contributed by atoms with Gasteiger partial charge < -0.3 is 5.32 Å². The van der Waals surface area contributed by atoms with E-state index in [9.17, 15) is 4.21 Å². The lowest BCUT2D eigenvalue weighted by Gasteiger charge is -2.13. The molecule has 1 heterocycles. The first kappa shape index (κ1) is 11.8. The fourth-order valence-corrected chi connectivity index (χ4v) is 4.02. The SMILES string of the molecule is CCCNC1CS(=O)c2c(C)cc(C)cc21. The Labute approximate surface area is 99.9 Å². The third kappa shape index (κ3) is 2.06. The Morgan fingerprint density at radius 2 is 2.19 bits per heavy atom. The highest BCUT2D eigenvalue weighted by Gasteiger charge is 2.29. The number of aryl methyl sites for hydroxylation is 2. The maximum atomic E-state index is 12.0. The largest absolute Gasteiger partial charge is 0.309 e. The summed E-state index contributed by atoms with van der Waals surface area (Å²) in [6, 6.07) is 4.59. The zero-order chi connectivity index (χ0) is 11.7. The van der Waals surface area contributed by atoms with Gasteiger partial charge in [-0.2, -0.15) is 0 Å². The number of nitrogens with one attached hydrogen (secondary N) is 1. The number of hydrogen-bond donors (Lipinski definition) is 1. The van der Waals surface area contributed by atoms with E-state index in [1.165, 1.54) is 16.7 Å². The Hall–Kier alpha value is -0.670. The quantitative estimate of drug-likeness (QED) is 0.875. The van der Waals surface area contributed by atoms with Crippen LogP contribution in [0.25, 0.3) is 0 Å². The number of hydrogen-bond acceptors (Lipinski definition) is 2. The van der Waals surface area contributed by atoms with E-state index in [0.717, 1.165) is 23.6 Å². The second kappa shape index (κ2) is 4.68. The van der Waals surface area contributed by atoms with Gasteiger partial charge in [-0.25, -0.2) is 0 Å². The normalized spacial score (nSPS) is 23.4. The van der Waals surface area contributed by atoms with Crippen LogP contribution in [-0.4, -0.2) is 16.5 Å². The van der Waals surface area contributed by atoms with E-state index in [1.54, 1.807) is 0 Å². The van der Waals surface area contributed by atoms with Crippen molar-refractivity contribution < 1.29 is 4.21 Å². The van der Waals surface area contributed by atoms with Crippen LogP contribution in [0.3, 0.4) is 0 Å². The molecule has 2 rings (SSSR count). The predicted octanol–water partition coefficient (Wildman–Crippen LogP) is 2.47. The Kier molecular flexibility index (Phi) is 3.45. The van der Waals surface area contributed by atoms with Crippen LogP contribution in [0.5, 0.6) is 0 Å². The molecule has 0 bridgehead atoms. The molecule has 3 heteroatoms. The van der Waals surface area contributed by atoms with Crippen LogP contribution in [0, 0.1) is 13.8 Å². The molecule has 1 aliphatic heterocycles. The van der Waals surface area contributed by atoms with Crippen molar-refractivity contribution in [1.29, 1.82) is 0 Å². The van der Waals surface area contributed by atoms with Gasteiger partial charge in [-0.05, 0) is 37.9 Å². The number of rotatable bonds is 3. The van der Waals surface area contributed by atoms with Crippen LogP contribution in [0.2, 0.25) is 0 Å². The molecule has 0 fully saturated rings. The van der Waals surface area contributed by atoms with Crippen molar-refractivity contribution in [3.05, 3.63) is 28.8 Å². The van der Waals surface area contributed by atoms with Gasteiger partial charge >= 0.3 is 0 Å². The van der Waals surface area contributed by atoms with E-state index >= 15 is 0 Å². The van der Waals surface area contributed by atoms with Crippen molar-refractivity contribution in [3.8, 4) is 0 Å². The molecule has 0 spiro atoms. The zero-order valence-electron chi connectivity index (χ0n) is 10.2. The molecular formula is C13H19NOS. The molecule has 0 amide bonds. The summed E-state index contributed by atoms with van der Waals surface area (Å²) in [5, 5.41) is 3.48. The minimum absolute atomic E-state index is 0.286. The highest BCUT2D eigenvalue weighted by Crippen LogP contribution is 2.34. The molecule has 16 heavy (non-hydrogen) atoms. The van der Waals surface area contributed by atoms with Crippen molar-refractivity contribution >= 4 is 10.8 Å². The fourth-order valence-electron chi connectivity index (χ4n) is 2.37.